The van der Waals surface area contributed by atoms with Crippen LogP contribution < -0.4 is 9.54 Å². The highest BCUT2D eigenvalue weighted by molar-refractivity contribution is 7.90. The molecule has 0 spiro atoms. The molecule has 0 fully saturated rings. The molecule has 0 saturated carbocycles. The minimum absolute atomic E-state index is 0.179. The summed E-state index contributed by atoms with van der Waals surface area (Å²) in [6, 6.07) is 12.3. The number of benzene rings is 2. The van der Waals surface area contributed by atoms with Gasteiger partial charge in [-0.3, -0.25) is 4.79 Å². The lowest BCUT2D eigenvalue weighted by Gasteiger charge is -2.06. The van der Waals surface area contributed by atoms with E-state index in [0.29, 0.717) is 17.1 Å². The highest BCUT2D eigenvalue weighted by atomic mass is 32.2. The molecule has 1 amide bonds. The molecule has 8 heteroatoms. The summed E-state index contributed by atoms with van der Waals surface area (Å²) < 4.78 is 31.7. The molecule has 0 bridgehead atoms. The molecule has 6 nitrogen and oxygen atoms in total. The van der Waals surface area contributed by atoms with Crippen molar-refractivity contribution in [1.82, 2.24) is 4.57 Å². The summed E-state index contributed by atoms with van der Waals surface area (Å²) in [7, 11) is -3.32. The van der Waals surface area contributed by atoms with Crippen molar-refractivity contribution in [3.63, 3.8) is 0 Å². The van der Waals surface area contributed by atoms with Crippen molar-refractivity contribution in [2.75, 3.05) is 12.9 Å². The highest BCUT2D eigenvalue weighted by Crippen LogP contribution is 2.22. The number of carbonyl (C=O) groups is 1. The van der Waals surface area contributed by atoms with Crippen LogP contribution >= 0.6 is 11.3 Å². The fraction of sp³-hybridized carbons (Fsp3) is 0.200. The summed E-state index contributed by atoms with van der Waals surface area (Å²) in [4.78, 5) is 17.2. The SMILES string of the molecule is C=CCn1c(=NC(=O)COc2ccccc2C)sc2cc(S(C)(=O)=O)ccc21. The maximum absolute atomic E-state index is 12.3. The zero-order valence-electron chi connectivity index (χ0n) is 15.6. The fourth-order valence-corrected chi connectivity index (χ4v) is 4.49. The van der Waals surface area contributed by atoms with Gasteiger partial charge in [-0.1, -0.05) is 35.6 Å². The van der Waals surface area contributed by atoms with Gasteiger partial charge in [-0.15, -0.1) is 6.58 Å². The predicted octanol–water partition coefficient (Wildman–Crippen LogP) is 3.11. The number of carbonyl (C=O) groups excluding carboxylic acids is 1. The average Bonchev–Trinajstić information content (AvgIpc) is 2.97. The Balaban J connectivity index is 1.96. The zero-order valence-corrected chi connectivity index (χ0v) is 17.2. The van der Waals surface area contributed by atoms with E-state index in [0.717, 1.165) is 22.0 Å². The van der Waals surface area contributed by atoms with Crippen molar-refractivity contribution in [3.8, 4) is 5.75 Å². The Morgan fingerprint density at radius 1 is 1.29 bits per heavy atom. The maximum atomic E-state index is 12.3. The van der Waals surface area contributed by atoms with Gasteiger partial charge in [-0.2, -0.15) is 4.99 Å². The molecule has 0 aliphatic heterocycles. The van der Waals surface area contributed by atoms with Crippen LogP contribution in [0.25, 0.3) is 10.2 Å². The van der Waals surface area contributed by atoms with Crippen LogP contribution in [0.2, 0.25) is 0 Å². The first-order valence-corrected chi connectivity index (χ1v) is 11.2. The normalized spacial score (nSPS) is 12.3. The van der Waals surface area contributed by atoms with E-state index in [4.69, 9.17) is 4.74 Å². The van der Waals surface area contributed by atoms with E-state index in [-0.39, 0.29) is 11.5 Å². The Hall–Kier alpha value is -2.71. The van der Waals surface area contributed by atoms with Crippen LogP contribution in [0.5, 0.6) is 5.75 Å². The van der Waals surface area contributed by atoms with Crippen LogP contribution in [0.3, 0.4) is 0 Å². The van der Waals surface area contributed by atoms with Gasteiger partial charge in [0.2, 0.25) is 0 Å². The second-order valence-electron chi connectivity index (χ2n) is 6.25. The van der Waals surface area contributed by atoms with Crippen molar-refractivity contribution in [2.24, 2.45) is 4.99 Å². The van der Waals surface area contributed by atoms with Gasteiger partial charge >= 0.3 is 0 Å². The number of para-hydroxylation sites is 1. The lowest BCUT2D eigenvalue weighted by atomic mass is 10.2. The monoisotopic (exact) mass is 416 g/mol. The number of amides is 1. The van der Waals surface area contributed by atoms with Crippen LogP contribution in [0.1, 0.15) is 5.56 Å². The first kappa shape index (κ1) is 20.0. The van der Waals surface area contributed by atoms with Crippen LogP contribution in [-0.2, 0) is 21.2 Å². The van der Waals surface area contributed by atoms with Gasteiger partial charge in [0.25, 0.3) is 5.91 Å². The number of aryl methyl sites for hydroxylation is 1. The van der Waals surface area contributed by atoms with Crippen molar-refractivity contribution < 1.29 is 17.9 Å². The van der Waals surface area contributed by atoms with Crippen molar-refractivity contribution in [3.05, 3.63) is 65.5 Å². The minimum atomic E-state index is -3.32. The molecule has 3 rings (SSSR count). The van der Waals surface area contributed by atoms with Crippen LogP contribution in [0, 0.1) is 6.92 Å². The molecule has 0 aliphatic carbocycles. The van der Waals surface area contributed by atoms with Gasteiger partial charge < -0.3 is 9.30 Å². The molecule has 28 heavy (non-hydrogen) atoms. The lowest BCUT2D eigenvalue weighted by Crippen LogP contribution is -2.19. The minimum Gasteiger partial charge on any atom is -0.483 e. The second kappa shape index (κ2) is 8.12. The summed E-state index contributed by atoms with van der Waals surface area (Å²) in [5.41, 5.74) is 1.73. The topological polar surface area (TPSA) is 77.7 Å². The molecule has 146 valence electrons. The summed E-state index contributed by atoms with van der Waals surface area (Å²) in [5, 5.41) is 0. The summed E-state index contributed by atoms with van der Waals surface area (Å²) in [6.45, 7) is 5.91. The van der Waals surface area contributed by atoms with Crippen LogP contribution in [-0.4, -0.2) is 31.8 Å². The van der Waals surface area contributed by atoms with Crippen molar-refractivity contribution >= 4 is 37.3 Å². The summed E-state index contributed by atoms with van der Waals surface area (Å²) >= 11 is 1.25. The smallest absolute Gasteiger partial charge is 0.286 e. The molecule has 0 saturated heterocycles. The van der Waals surface area contributed by atoms with Gasteiger partial charge in [0.1, 0.15) is 5.75 Å². The van der Waals surface area contributed by atoms with Gasteiger partial charge in [0.05, 0.1) is 15.1 Å². The zero-order chi connectivity index (χ0) is 20.3. The Morgan fingerprint density at radius 3 is 2.71 bits per heavy atom. The van der Waals surface area contributed by atoms with Crippen LogP contribution in [0.15, 0.2) is 65.0 Å². The van der Waals surface area contributed by atoms with Crippen molar-refractivity contribution in [2.45, 2.75) is 18.4 Å². The van der Waals surface area contributed by atoms with E-state index >= 15 is 0 Å². The number of allylic oxidation sites excluding steroid dienone is 1. The van der Waals surface area contributed by atoms with E-state index in [9.17, 15) is 13.2 Å². The van der Waals surface area contributed by atoms with Gasteiger partial charge in [0.15, 0.2) is 21.2 Å². The molecule has 0 N–H and O–H groups in total. The van der Waals surface area contributed by atoms with E-state index < -0.39 is 15.7 Å². The van der Waals surface area contributed by atoms with Gasteiger partial charge in [-0.05, 0) is 36.8 Å². The third kappa shape index (κ3) is 4.40. The molecule has 1 heterocycles. The number of hydrogen-bond acceptors (Lipinski definition) is 5. The number of hydrogen-bond donors (Lipinski definition) is 0. The Labute approximate surface area is 167 Å². The van der Waals surface area contributed by atoms with Gasteiger partial charge in [-0.25, -0.2) is 8.42 Å². The van der Waals surface area contributed by atoms with E-state index in [1.54, 1.807) is 30.3 Å². The number of nitrogens with zero attached hydrogens (tertiary/aromatic N) is 2. The average molecular weight is 417 g/mol. The van der Waals surface area contributed by atoms with Crippen molar-refractivity contribution in [1.29, 1.82) is 0 Å². The molecule has 0 atom stereocenters. The third-order valence-corrected chi connectivity index (χ3v) is 6.21. The number of fused-ring (bicyclic) bond motifs is 1. The van der Waals surface area contributed by atoms with E-state index in [2.05, 4.69) is 11.6 Å². The first-order valence-electron chi connectivity index (χ1n) is 8.50. The highest BCUT2D eigenvalue weighted by Gasteiger charge is 2.12. The summed E-state index contributed by atoms with van der Waals surface area (Å²) in [5.74, 6) is 0.218. The fourth-order valence-electron chi connectivity index (χ4n) is 2.67. The van der Waals surface area contributed by atoms with Gasteiger partial charge in [0, 0.05) is 12.8 Å². The number of sulfone groups is 1. The number of thiazole rings is 1. The largest absolute Gasteiger partial charge is 0.483 e. The molecular formula is C20H20N2O4S2. The first-order chi connectivity index (χ1) is 13.3. The molecule has 0 aliphatic rings. The molecule has 3 aromatic rings. The Bertz CT molecular complexity index is 1220. The molecular weight excluding hydrogens is 396 g/mol. The number of aromatic nitrogens is 1. The number of rotatable bonds is 6. The Morgan fingerprint density at radius 2 is 2.04 bits per heavy atom. The predicted molar refractivity (Wildman–Crippen MR) is 110 cm³/mol. The third-order valence-electron chi connectivity index (χ3n) is 4.06. The van der Waals surface area contributed by atoms with Crippen LogP contribution in [0.4, 0.5) is 0 Å². The standard InChI is InChI=1S/C20H20N2O4S2/c1-4-11-22-16-10-9-15(28(3,24)25)12-18(16)27-20(22)21-19(23)13-26-17-8-6-5-7-14(17)2/h4-10,12H,1,11,13H2,2-3H3. The molecule has 2 aromatic carbocycles. The molecule has 0 unspecified atom stereocenters. The van der Waals surface area contributed by atoms with E-state index in [1.807, 2.05) is 29.7 Å². The van der Waals surface area contributed by atoms with E-state index in [1.165, 1.54) is 11.3 Å². The maximum Gasteiger partial charge on any atom is 0.286 e. The molecule has 0 radical (unpaired) electrons. The second-order valence-corrected chi connectivity index (χ2v) is 9.27. The summed E-state index contributed by atoms with van der Waals surface area (Å²) in [6.07, 6.45) is 2.86. The molecule has 1 aromatic heterocycles. The quantitative estimate of drug-likeness (QED) is 0.579. The Kier molecular flexibility index (Phi) is 5.81. The lowest BCUT2D eigenvalue weighted by molar-refractivity contribution is -0.120. The number of ether oxygens (including phenoxy) is 1.